The van der Waals surface area contributed by atoms with Crippen molar-refractivity contribution in [3.63, 3.8) is 0 Å². The maximum absolute atomic E-state index is 11.5. The van der Waals surface area contributed by atoms with Gasteiger partial charge < -0.3 is 20.7 Å². The molecule has 1 saturated carbocycles. The van der Waals surface area contributed by atoms with Gasteiger partial charge in [-0.25, -0.2) is 9.97 Å². The summed E-state index contributed by atoms with van der Waals surface area (Å²) in [7, 11) is 0. The van der Waals surface area contributed by atoms with Gasteiger partial charge >= 0.3 is 0 Å². The summed E-state index contributed by atoms with van der Waals surface area (Å²) >= 11 is 0. The van der Waals surface area contributed by atoms with Crippen molar-refractivity contribution in [2.24, 2.45) is 5.73 Å². The van der Waals surface area contributed by atoms with Crippen LogP contribution in [0, 0.1) is 0 Å². The molecule has 124 valence electrons. The Morgan fingerprint density at radius 2 is 2.09 bits per heavy atom. The molecule has 1 aromatic rings. The maximum Gasteiger partial charge on any atom is 0.248 e. The quantitative estimate of drug-likeness (QED) is 0.839. The van der Waals surface area contributed by atoms with Gasteiger partial charge in [0.05, 0.1) is 18.8 Å². The molecule has 23 heavy (non-hydrogen) atoms. The van der Waals surface area contributed by atoms with Crippen LogP contribution >= 0.6 is 0 Å². The van der Waals surface area contributed by atoms with E-state index >= 15 is 0 Å². The Morgan fingerprint density at radius 1 is 1.26 bits per heavy atom. The molecule has 2 aliphatic heterocycles. The van der Waals surface area contributed by atoms with Crippen LogP contribution in [0.5, 0.6) is 0 Å². The fraction of sp³-hybridized carbons (Fsp3) is 0.688. The number of nitrogens with one attached hydrogen (secondary N) is 1. The summed E-state index contributed by atoms with van der Waals surface area (Å²) < 4.78 is 5.47. The predicted molar refractivity (Wildman–Crippen MR) is 84.9 cm³/mol. The van der Waals surface area contributed by atoms with E-state index in [1.807, 2.05) is 0 Å². The lowest BCUT2D eigenvalue weighted by Crippen LogP contribution is -2.49. The molecule has 0 unspecified atom stereocenters. The zero-order chi connectivity index (χ0) is 15.8. The lowest BCUT2D eigenvalue weighted by Gasteiger charge is -2.33. The third-order valence-electron chi connectivity index (χ3n) is 5.09. The monoisotopic (exact) mass is 317 g/mol. The second-order valence-electron chi connectivity index (χ2n) is 6.62. The van der Waals surface area contributed by atoms with Crippen LogP contribution in [-0.4, -0.2) is 41.7 Å². The molecule has 1 amide bonds. The van der Waals surface area contributed by atoms with E-state index in [4.69, 9.17) is 20.4 Å². The number of ether oxygens (including phenoxy) is 1. The first-order valence-electron chi connectivity index (χ1n) is 8.48. The summed E-state index contributed by atoms with van der Waals surface area (Å²) in [4.78, 5) is 23.3. The summed E-state index contributed by atoms with van der Waals surface area (Å²) in [6.07, 6.45) is 4.33. The molecule has 2 fully saturated rings. The highest BCUT2D eigenvalue weighted by Gasteiger charge is 2.31. The third-order valence-corrected chi connectivity index (χ3v) is 5.09. The molecule has 3 aliphatic rings. The van der Waals surface area contributed by atoms with Crippen LogP contribution in [0.1, 0.15) is 48.7 Å². The fourth-order valence-electron chi connectivity index (χ4n) is 3.81. The number of fused-ring (bicyclic) bond motifs is 1. The minimum Gasteiger partial charge on any atom is -0.367 e. The van der Waals surface area contributed by atoms with Crippen LogP contribution in [-0.2, 0) is 22.6 Å². The highest BCUT2D eigenvalue weighted by atomic mass is 16.5. The summed E-state index contributed by atoms with van der Waals surface area (Å²) in [6, 6.07) is 0. The van der Waals surface area contributed by atoms with Crippen molar-refractivity contribution >= 4 is 11.7 Å². The van der Waals surface area contributed by atoms with Gasteiger partial charge in [-0.2, -0.15) is 0 Å². The van der Waals surface area contributed by atoms with Crippen LogP contribution in [0.2, 0.25) is 0 Å². The van der Waals surface area contributed by atoms with Crippen molar-refractivity contribution in [2.75, 3.05) is 24.6 Å². The first-order chi connectivity index (χ1) is 11.2. The van der Waals surface area contributed by atoms with E-state index in [9.17, 15) is 4.79 Å². The Bertz CT molecular complexity index is 615. The number of hydrogen-bond donors (Lipinski definition) is 2. The average molecular weight is 317 g/mol. The molecule has 0 bridgehead atoms. The average Bonchev–Trinajstić information content (AvgIpc) is 3.25. The molecular weight excluding hydrogens is 294 g/mol. The molecular formula is C16H23N5O2. The van der Waals surface area contributed by atoms with Gasteiger partial charge in [0.15, 0.2) is 6.10 Å². The van der Waals surface area contributed by atoms with E-state index < -0.39 is 12.0 Å². The number of morpholine rings is 1. The lowest BCUT2D eigenvalue weighted by molar-refractivity contribution is -0.130. The van der Waals surface area contributed by atoms with E-state index in [1.165, 1.54) is 25.7 Å². The van der Waals surface area contributed by atoms with Gasteiger partial charge in [0.2, 0.25) is 5.91 Å². The van der Waals surface area contributed by atoms with Gasteiger partial charge in [-0.3, -0.25) is 4.79 Å². The Balaban J connectivity index is 1.67. The first-order valence-corrected chi connectivity index (χ1v) is 8.48. The smallest absolute Gasteiger partial charge is 0.248 e. The van der Waals surface area contributed by atoms with E-state index in [2.05, 4.69) is 10.2 Å². The second-order valence-corrected chi connectivity index (χ2v) is 6.62. The molecule has 7 nitrogen and oxygen atoms in total. The van der Waals surface area contributed by atoms with Gasteiger partial charge in [0.25, 0.3) is 0 Å². The van der Waals surface area contributed by atoms with Crippen molar-refractivity contribution in [2.45, 2.75) is 50.8 Å². The van der Waals surface area contributed by atoms with Crippen LogP contribution in [0.4, 0.5) is 5.82 Å². The second kappa shape index (κ2) is 6.05. The highest BCUT2D eigenvalue weighted by molar-refractivity contribution is 5.79. The number of nitrogens with zero attached hydrogens (tertiary/aromatic N) is 3. The summed E-state index contributed by atoms with van der Waals surface area (Å²) in [6.45, 7) is 3.29. The lowest BCUT2D eigenvalue weighted by atomic mass is 10.1. The largest absolute Gasteiger partial charge is 0.367 e. The number of carbonyl (C=O) groups is 1. The van der Waals surface area contributed by atoms with Crippen molar-refractivity contribution < 1.29 is 9.53 Å². The summed E-state index contributed by atoms with van der Waals surface area (Å²) in [5.41, 5.74) is 7.69. The molecule has 1 aliphatic carbocycles. The number of anilines is 1. The summed E-state index contributed by atoms with van der Waals surface area (Å²) in [5.74, 6) is 2.01. The number of aromatic nitrogens is 2. The fourth-order valence-corrected chi connectivity index (χ4v) is 3.81. The summed E-state index contributed by atoms with van der Waals surface area (Å²) in [5, 5.41) is 3.37. The topological polar surface area (TPSA) is 93.4 Å². The predicted octanol–water partition coefficient (Wildman–Crippen LogP) is 0.428. The standard InChI is InChI=1S/C16H23N5O2/c17-14(22)13-9-21(5-6-23-13)16-11-7-18-8-12(11)19-15(20-16)10-3-1-2-4-10/h10,13,18H,1-9H2,(H2,17,22)/t13-/m0/s1. The third kappa shape index (κ3) is 2.79. The van der Waals surface area contributed by atoms with E-state index in [1.54, 1.807) is 0 Å². The highest BCUT2D eigenvalue weighted by Crippen LogP contribution is 2.35. The molecule has 1 aromatic heterocycles. The first kappa shape index (κ1) is 14.8. The van der Waals surface area contributed by atoms with Crippen molar-refractivity contribution in [3.05, 3.63) is 17.1 Å². The molecule has 7 heteroatoms. The van der Waals surface area contributed by atoms with Crippen LogP contribution in [0.3, 0.4) is 0 Å². The minimum absolute atomic E-state index is 0.408. The normalized spacial score (nSPS) is 24.9. The molecule has 1 atom stereocenters. The van der Waals surface area contributed by atoms with Crippen molar-refractivity contribution in [1.29, 1.82) is 0 Å². The molecule has 3 N–H and O–H groups in total. The van der Waals surface area contributed by atoms with Gasteiger partial charge in [-0.1, -0.05) is 12.8 Å². The number of rotatable bonds is 3. The molecule has 4 rings (SSSR count). The van der Waals surface area contributed by atoms with E-state index in [0.29, 0.717) is 19.1 Å². The zero-order valence-corrected chi connectivity index (χ0v) is 13.3. The van der Waals surface area contributed by atoms with Crippen molar-refractivity contribution in [3.8, 4) is 0 Å². The number of carbonyl (C=O) groups excluding carboxylic acids is 1. The molecule has 0 aromatic carbocycles. The van der Waals surface area contributed by atoms with Crippen LogP contribution < -0.4 is 16.0 Å². The minimum atomic E-state index is -0.557. The van der Waals surface area contributed by atoms with Crippen LogP contribution in [0.15, 0.2) is 0 Å². The van der Waals surface area contributed by atoms with Gasteiger partial charge in [0.1, 0.15) is 11.6 Å². The molecule has 0 spiro atoms. The Labute approximate surface area is 135 Å². The van der Waals surface area contributed by atoms with Crippen molar-refractivity contribution in [1.82, 2.24) is 15.3 Å². The Hall–Kier alpha value is -1.73. The Kier molecular flexibility index (Phi) is 3.90. The number of primary amides is 1. The molecule has 3 heterocycles. The Morgan fingerprint density at radius 3 is 2.87 bits per heavy atom. The maximum atomic E-state index is 11.5. The molecule has 0 radical (unpaired) electrons. The number of amides is 1. The molecule has 1 saturated heterocycles. The van der Waals surface area contributed by atoms with E-state index in [0.717, 1.165) is 42.5 Å². The van der Waals surface area contributed by atoms with E-state index in [-0.39, 0.29) is 0 Å². The van der Waals surface area contributed by atoms with Gasteiger partial charge in [0, 0.05) is 31.1 Å². The zero-order valence-electron chi connectivity index (χ0n) is 13.3. The van der Waals surface area contributed by atoms with Gasteiger partial charge in [-0.05, 0) is 12.8 Å². The van der Waals surface area contributed by atoms with Gasteiger partial charge in [-0.15, -0.1) is 0 Å². The number of nitrogens with two attached hydrogens (primary N) is 1. The number of hydrogen-bond acceptors (Lipinski definition) is 6. The van der Waals surface area contributed by atoms with Crippen LogP contribution in [0.25, 0.3) is 0 Å². The SMILES string of the molecule is NC(=O)[C@@H]1CN(c2nc(C3CCCC3)nc3c2CNC3)CCO1.